The van der Waals surface area contributed by atoms with Crippen LogP contribution in [0.1, 0.15) is 24.6 Å². The van der Waals surface area contributed by atoms with Crippen molar-refractivity contribution < 1.29 is 14.9 Å². The fourth-order valence-corrected chi connectivity index (χ4v) is 2.44. The van der Waals surface area contributed by atoms with Gasteiger partial charge >= 0.3 is 5.69 Å². The minimum Gasteiger partial charge on any atom is -0.394 e. The number of nitrogens with one attached hydrogen (secondary N) is 1. The molecule has 0 spiro atoms. The number of ether oxygens (including phenoxy) is 1. The quantitative estimate of drug-likeness (QED) is 0.642. The first-order valence-electron chi connectivity index (χ1n) is 6.33. The van der Waals surface area contributed by atoms with Crippen molar-refractivity contribution in [3.8, 4) is 0 Å². The van der Waals surface area contributed by atoms with E-state index in [1.807, 2.05) is 0 Å². The molecule has 1 saturated heterocycles. The van der Waals surface area contributed by atoms with Gasteiger partial charge in [0.15, 0.2) is 0 Å². The summed E-state index contributed by atoms with van der Waals surface area (Å²) in [5.41, 5.74) is -1.97. The van der Waals surface area contributed by atoms with E-state index in [0.29, 0.717) is 5.56 Å². The summed E-state index contributed by atoms with van der Waals surface area (Å²) in [6, 6.07) is 0. The number of aryl methyl sites for hydroxylation is 1. The Morgan fingerprint density at radius 3 is 2.95 bits per heavy atom. The lowest BCUT2D eigenvalue weighted by molar-refractivity contribution is -0.0812. The fourth-order valence-electron chi connectivity index (χ4n) is 2.44. The van der Waals surface area contributed by atoms with Crippen molar-refractivity contribution in [2.24, 2.45) is 0 Å². The monoisotopic (exact) mass is 282 g/mol. The van der Waals surface area contributed by atoms with E-state index < -0.39 is 29.2 Å². The van der Waals surface area contributed by atoms with E-state index in [1.165, 1.54) is 16.8 Å². The van der Waals surface area contributed by atoms with E-state index in [4.69, 9.17) is 4.74 Å². The maximum atomic E-state index is 11.8. The molecule has 1 aromatic heterocycles. The van der Waals surface area contributed by atoms with Crippen LogP contribution in [-0.2, 0) is 4.74 Å². The van der Waals surface area contributed by atoms with Gasteiger partial charge in [0, 0.05) is 18.2 Å². The Morgan fingerprint density at radius 1 is 1.65 bits per heavy atom. The molecule has 1 fully saturated rings. The number of aliphatic hydroxyl groups excluding tert-OH is 1. The minimum atomic E-state index is -1.27. The number of aromatic nitrogens is 2. The third-order valence-corrected chi connectivity index (χ3v) is 3.57. The number of nitrogens with zero attached hydrogens (tertiary/aromatic N) is 1. The van der Waals surface area contributed by atoms with Crippen LogP contribution in [0.5, 0.6) is 0 Å². The van der Waals surface area contributed by atoms with E-state index in [0.717, 1.165) is 0 Å². The topological polar surface area (TPSA) is 105 Å². The normalized spacial score (nSPS) is 29.6. The molecule has 0 saturated carbocycles. The van der Waals surface area contributed by atoms with Gasteiger partial charge in [-0.15, -0.1) is 6.58 Å². The first kappa shape index (κ1) is 14.7. The third-order valence-electron chi connectivity index (χ3n) is 3.57. The van der Waals surface area contributed by atoms with Crippen molar-refractivity contribution in [2.75, 3.05) is 6.61 Å². The summed E-state index contributed by atoms with van der Waals surface area (Å²) in [6.45, 7) is 4.78. The number of rotatable bonds is 4. The molecular formula is C13H18N2O5. The first-order valence-corrected chi connectivity index (χ1v) is 6.33. The van der Waals surface area contributed by atoms with Crippen molar-refractivity contribution in [1.29, 1.82) is 0 Å². The molecule has 3 N–H and O–H groups in total. The SMILES string of the molecule is C=CC[C@]1(O)CC(n2cc(C)c(=O)[nH]c2=O)O[C@@H]1CO. The zero-order chi connectivity index (χ0) is 14.9. The predicted octanol–water partition coefficient (Wildman–Crippen LogP) is -0.568. The average molecular weight is 282 g/mol. The molecule has 0 amide bonds. The molecule has 0 aliphatic carbocycles. The van der Waals surface area contributed by atoms with Crippen molar-refractivity contribution in [3.63, 3.8) is 0 Å². The van der Waals surface area contributed by atoms with Gasteiger partial charge in [-0.3, -0.25) is 14.3 Å². The van der Waals surface area contributed by atoms with Gasteiger partial charge in [-0.2, -0.15) is 0 Å². The van der Waals surface area contributed by atoms with Gasteiger partial charge in [0.25, 0.3) is 5.56 Å². The van der Waals surface area contributed by atoms with Crippen LogP contribution in [0.3, 0.4) is 0 Å². The van der Waals surface area contributed by atoms with Crippen molar-refractivity contribution in [1.82, 2.24) is 9.55 Å². The van der Waals surface area contributed by atoms with Crippen LogP contribution in [0, 0.1) is 6.92 Å². The van der Waals surface area contributed by atoms with E-state index in [9.17, 15) is 19.8 Å². The summed E-state index contributed by atoms with van der Waals surface area (Å²) in [5.74, 6) is 0. The van der Waals surface area contributed by atoms with Crippen LogP contribution in [0.2, 0.25) is 0 Å². The molecule has 0 radical (unpaired) electrons. The van der Waals surface area contributed by atoms with Gasteiger partial charge in [0.05, 0.1) is 6.61 Å². The Labute approximate surface area is 115 Å². The minimum absolute atomic E-state index is 0.135. The van der Waals surface area contributed by atoms with Crippen molar-refractivity contribution in [3.05, 3.63) is 45.3 Å². The molecule has 1 aromatic rings. The lowest BCUT2D eigenvalue weighted by atomic mass is 9.91. The van der Waals surface area contributed by atoms with Crippen LogP contribution in [0.15, 0.2) is 28.4 Å². The third kappa shape index (κ3) is 2.47. The Hall–Kier alpha value is -1.70. The second-order valence-electron chi connectivity index (χ2n) is 5.04. The Kier molecular flexibility index (Phi) is 3.94. The molecule has 110 valence electrons. The molecule has 20 heavy (non-hydrogen) atoms. The molecule has 2 rings (SSSR count). The zero-order valence-electron chi connectivity index (χ0n) is 11.2. The van der Waals surface area contributed by atoms with Crippen LogP contribution in [0.4, 0.5) is 0 Å². The predicted molar refractivity (Wildman–Crippen MR) is 71.4 cm³/mol. The van der Waals surface area contributed by atoms with Gasteiger partial charge in [-0.05, 0) is 13.3 Å². The summed E-state index contributed by atoms with van der Waals surface area (Å²) >= 11 is 0. The van der Waals surface area contributed by atoms with Crippen molar-refractivity contribution in [2.45, 2.75) is 37.7 Å². The zero-order valence-corrected chi connectivity index (χ0v) is 11.2. The van der Waals surface area contributed by atoms with Crippen LogP contribution in [-0.4, -0.2) is 38.1 Å². The van der Waals surface area contributed by atoms with Crippen molar-refractivity contribution >= 4 is 0 Å². The second-order valence-corrected chi connectivity index (χ2v) is 5.04. The van der Waals surface area contributed by atoms with Gasteiger partial charge in [-0.25, -0.2) is 4.79 Å². The highest BCUT2D eigenvalue weighted by molar-refractivity contribution is 5.04. The fraction of sp³-hybridized carbons (Fsp3) is 0.538. The van der Waals surface area contributed by atoms with Crippen LogP contribution in [0.25, 0.3) is 0 Å². The number of hydrogen-bond acceptors (Lipinski definition) is 5. The van der Waals surface area contributed by atoms with Gasteiger partial charge in [-0.1, -0.05) is 6.08 Å². The Morgan fingerprint density at radius 2 is 2.35 bits per heavy atom. The highest BCUT2D eigenvalue weighted by Crippen LogP contribution is 2.38. The summed E-state index contributed by atoms with van der Waals surface area (Å²) in [7, 11) is 0. The lowest BCUT2D eigenvalue weighted by Crippen LogP contribution is -2.39. The molecule has 7 heteroatoms. The highest BCUT2D eigenvalue weighted by atomic mass is 16.5. The smallest absolute Gasteiger partial charge is 0.330 e. The average Bonchev–Trinajstić information content (AvgIpc) is 2.71. The molecule has 1 unspecified atom stereocenters. The summed E-state index contributed by atoms with van der Waals surface area (Å²) < 4.78 is 6.76. The van der Waals surface area contributed by atoms with Gasteiger partial charge in [0.1, 0.15) is 17.9 Å². The second kappa shape index (κ2) is 5.35. The Balaban J connectivity index is 2.37. The van der Waals surface area contributed by atoms with Gasteiger partial charge in [0.2, 0.25) is 0 Å². The maximum absolute atomic E-state index is 11.8. The number of aliphatic hydroxyl groups is 2. The van der Waals surface area contributed by atoms with E-state index >= 15 is 0 Å². The lowest BCUT2D eigenvalue weighted by Gasteiger charge is -2.25. The molecule has 0 bridgehead atoms. The molecule has 7 nitrogen and oxygen atoms in total. The largest absolute Gasteiger partial charge is 0.394 e. The molecule has 2 heterocycles. The maximum Gasteiger partial charge on any atom is 0.330 e. The first-order chi connectivity index (χ1) is 9.41. The summed E-state index contributed by atoms with van der Waals surface area (Å²) in [6.07, 6.45) is 1.77. The molecular weight excluding hydrogens is 264 g/mol. The molecule has 3 atom stereocenters. The number of aromatic amines is 1. The van der Waals surface area contributed by atoms with E-state index in [-0.39, 0.29) is 19.4 Å². The molecule has 1 aliphatic rings. The molecule has 0 aromatic carbocycles. The van der Waals surface area contributed by atoms with Gasteiger partial charge < -0.3 is 14.9 Å². The highest BCUT2D eigenvalue weighted by Gasteiger charge is 2.47. The van der Waals surface area contributed by atoms with E-state index in [2.05, 4.69) is 11.6 Å². The Bertz CT molecular complexity index is 620. The number of hydrogen-bond donors (Lipinski definition) is 3. The standard InChI is InChI=1S/C13H18N2O5/c1-3-4-13(19)5-10(20-9(13)7-16)15-6-8(2)11(17)14-12(15)18/h3,6,9-10,16,19H,1,4-5,7H2,2H3,(H,14,17,18)/t9-,10?,13+/m1/s1. The summed E-state index contributed by atoms with van der Waals surface area (Å²) in [5, 5.41) is 19.8. The van der Waals surface area contributed by atoms with Crippen LogP contribution < -0.4 is 11.2 Å². The van der Waals surface area contributed by atoms with Crippen LogP contribution >= 0.6 is 0 Å². The molecule has 1 aliphatic heterocycles. The number of H-pyrrole nitrogens is 1. The van der Waals surface area contributed by atoms with E-state index in [1.54, 1.807) is 6.92 Å². The summed E-state index contributed by atoms with van der Waals surface area (Å²) in [4.78, 5) is 25.3.